The van der Waals surface area contributed by atoms with E-state index in [1.165, 1.54) is 13.8 Å². The van der Waals surface area contributed by atoms with E-state index in [1.807, 2.05) is 6.92 Å². The van der Waals surface area contributed by atoms with Crippen molar-refractivity contribution in [2.75, 3.05) is 6.54 Å². The fourth-order valence-electron chi connectivity index (χ4n) is 2.03. The zero-order valence-electron chi connectivity index (χ0n) is 13.2. The lowest BCUT2D eigenvalue weighted by Crippen LogP contribution is -2.44. The van der Waals surface area contributed by atoms with Crippen LogP contribution in [0.2, 0.25) is 0 Å². The monoisotopic (exact) mass is 316 g/mol. The second-order valence-corrected chi connectivity index (χ2v) is 5.78. The Hall–Kier alpha value is -2.12. The highest BCUT2D eigenvalue weighted by Gasteiger charge is 2.30. The lowest BCUT2D eigenvalue weighted by atomic mass is 9.90. The first-order chi connectivity index (χ1) is 10.0. The molecule has 0 saturated carbocycles. The van der Waals surface area contributed by atoms with E-state index in [2.05, 4.69) is 0 Å². The maximum Gasteiger partial charge on any atom is 0.309 e. The van der Waals surface area contributed by atoms with Gasteiger partial charge in [-0.1, -0.05) is 6.92 Å². The minimum Gasteiger partial charge on any atom is -0.481 e. The molecule has 0 aliphatic carbocycles. The van der Waals surface area contributed by atoms with Crippen molar-refractivity contribution < 1.29 is 29.4 Å². The number of hydrogen-bond acceptors (Lipinski definition) is 4. The van der Waals surface area contributed by atoms with E-state index in [0.29, 0.717) is 19.4 Å². The van der Waals surface area contributed by atoms with Crippen molar-refractivity contribution in [2.24, 2.45) is 11.1 Å². The minimum atomic E-state index is -1.16. The summed E-state index contributed by atoms with van der Waals surface area (Å²) in [4.78, 5) is 44.0. The molecule has 0 spiro atoms. The molecule has 1 aliphatic heterocycles. The summed E-state index contributed by atoms with van der Waals surface area (Å²) in [6.45, 7) is 5.30. The van der Waals surface area contributed by atoms with Crippen LogP contribution < -0.4 is 5.73 Å². The molecule has 0 bridgehead atoms. The normalized spacial score (nSPS) is 15.8. The van der Waals surface area contributed by atoms with E-state index in [0.717, 1.165) is 6.42 Å². The van der Waals surface area contributed by atoms with E-state index < -0.39 is 23.3 Å². The summed E-state index contributed by atoms with van der Waals surface area (Å²) in [5, 5.41) is 16.7. The fourth-order valence-corrected chi connectivity index (χ4v) is 2.03. The number of carbonyl (C=O) groups is 4. The van der Waals surface area contributed by atoms with Gasteiger partial charge >= 0.3 is 11.9 Å². The maximum atomic E-state index is 11.2. The van der Waals surface area contributed by atoms with Crippen molar-refractivity contribution in [3.05, 3.63) is 0 Å². The molecule has 1 saturated heterocycles. The van der Waals surface area contributed by atoms with Gasteiger partial charge in [-0.25, -0.2) is 0 Å². The van der Waals surface area contributed by atoms with Crippen LogP contribution in [0, 0.1) is 5.41 Å². The third-order valence-electron chi connectivity index (χ3n) is 3.37. The SMILES string of the molecule is CC(C)(CC(=O)O)C(=O)O.CC[C@H](C(N)=O)N1CCCC1=O. The Morgan fingerprint density at radius 2 is 1.86 bits per heavy atom. The van der Waals surface area contributed by atoms with Crippen LogP contribution in [-0.2, 0) is 19.2 Å². The van der Waals surface area contributed by atoms with Gasteiger partial charge in [-0.15, -0.1) is 0 Å². The summed E-state index contributed by atoms with van der Waals surface area (Å²) in [7, 11) is 0. The van der Waals surface area contributed by atoms with Crippen molar-refractivity contribution in [3.63, 3.8) is 0 Å². The maximum absolute atomic E-state index is 11.2. The standard InChI is InChI=1S/C8H14N2O2.C6H10O4/c1-2-6(8(9)12)10-5-3-4-7(10)11;1-6(2,5(9)10)3-4(7)8/h6H,2-5H2,1H3,(H2,9,12);3H2,1-2H3,(H,7,8)(H,9,10)/t6-;/m1./s1. The van der Waals surface area contributed by atoms with Crippen LogP contribution in [0.1, 0.15) is 46.5 Å². The number of carbonyl (C=O) groups excluding carboxylic acids is 2. The van der Waals surface area contributed by atoms with Crippen molar-refractivity contribution >= 4 is 23.8 Å². The molecule has 0 aromatic heterocycles. The molecule has 2 amide bonds. The summed E-state index contributed by atoms with van der Waals surface area (Å²) in [5.41, 5.74) is 4.00. The lowest BCUT2D eigenvalue weighted by Gasteiger charge is -2.23. The van der Waals surface area contributed by atoms with Gasteiger partial charge < -0.3 is 20.8 Å². The molecule has 0 unspecified atom stereocenters. The van der Waals surface area contributed by atoms with Gasteiger partial charge in [0, 0.05) is 13.0 Å². The van der Waals surface area contributed by atoms with Gasteiger partial charge in [0.25, 0.3) is 0 Å². The van der Waals surface area contributed by atoms with Crippen molar-refractivity contribution in [1.82, 2.24) is 4.90 Å². The number of carboxylic acids is 2. The first-order valence-electron chi connectivity index (χ1n) is 7.07. The highest BCUT2D eigenvalue weighted by Crippen LogP contribution is 2.19. The second-order valence-electron chi connectivity index (χ2n) is 5.78. The molecule has 4 N–H and O–H groups in total. The number of rotatable bonds is 6. The quantitative estimate of drug-likeness (QED) is 0.650. The van der Waals surface area contributed by atoms with E-state index in [-0.39, 0.29) is 18.4 Å². The Kier molecular flexibility index (Phi) is 7.55. The topological polar surface area (TPSA) is 138 Å². The molecule has 1 heterocycles. The zero-order valence-corrected chi connectivity index (χ0v) is 13.2. The van der Waals surface area contributed by atoms with Crippen molar-refractivity contribution in [3.8, 4) is 0 Å². The van der Waals surface area contributed by atoms with Gasteiger partial charge in [-0.05, 0) is 26.7 Å². The van der Waals surface area contributed by atoms with Crippen LogP contribution >= 0.6 is 0 Å². The number of carboxylic acid groups (broad SMARTS) is 2. The third kappa shape index (κ3) is 6.11. The summed E-state index contributed by atoms with van der Waals surface area (Å²) in [5.74, 6) is -2.52. The predicted octanol–water partition coefficient (Wildman–Crippen LogP) is 0.445. The molecule has 1 rings (SSSR count). The number of amides is 2. The molecule has 1 atom stereocenters. The Morgan fingerprint density at radius 3 is 2.09 bits per heavy atom. The smallest absolute Gasteiger partial charge is 0.309 e. The molecule has 0 aromatic rings. The Balaban J connectivity index is 0.000000409. The van der Waals surface area contributed by atoms with Gasteiger partial charge in [0.2, 0.25) is 11.8 Å². The van der Waals surface area contributed by atoms with Gasteiger partial charge in [0.15, 0.2) is 0 Å². The summed E-state index contributed by atoms with van der Waals surface area (Å²) >= 11 is 0. The number of nitrogens with two attached hydrogens (primary N) is 1. The van der Waals surface area contributed by atoms with Crippen LogP contribution in [-0.4, -0.2) is 51.5 Å². The summed E-state index contributed by atoms with van der Waals surface area (Å²) in [6.07, 6.45) is 1.68. The van der Waals surface area contributed by atoms with Gasteiger partial charge in [-0.3, -0.25) is 19.2 Å². The van der Waals surface area contributed by atoms with Crippen LogP contribution in [0.25, 0.3) is 0 Å². The molecule has 22 heavy (non-hydrogen) atoms. The lowest BCUT2D eigenvalue weighted by molar-refractivity contribution is -0.153. The average Bonchev–Trinajstić information content (AvgIpc) is 2.75. The molecule has 1 aliphatic rings. The fraction of sp³-hybridized carbons (Fsp3) is 0.714. The molecule has 126 valence electrons. The Labute approximate surface area is 129 Å². The Morgan fingerprint density at radius 1 is 1.32 bits per heavy atom. The number of aliphatic carboxylic acids is 2. The van der Waals surface area contributed by atoms with Crippen molar-refractivity contribution in [1.29, 1.82) is 0 Å². The van der Waals surface area contributed by atoms with Gasteiger partial charge in [0.1, 0.15) is 6.04 Å². The van der Waals surface area contributed by atoms with E-state index in [9.17, 15) is 19.2 Å². The van der Waals surface area contributed by atoms with Gasteiger partial charge in [-0.2, -0.15) is 0 Å². The van der Waals surface area contributed by atoms with E-state index in [4.69, 9.17) is 15.9 Å². The Bertz CT molecular complexity index is 447. The van der Waals surface area contributed by atoms with Gasteiger partial charge in [0.05, 0.1) is 11.8 Å². The number of nitrogens with zero attached hydrogens (tertiary/aromatic N) is 1. The first-order valence-corrected chi connectivity index (χ1v) is 7.07. The average molecular weight is 316 g/mol. The summed E-state index contributed by atoms with van der Waals surface area (Å²) in [6, 6.07) is -0.389. The highest BCUT2D eigenvalue weighted by molar-refractivity contribution is 5.87. The second kappa shape index (κ2) is 8.35. The largest absolute Gasteiger partial charge is 0.481 e. The van der Waals surface area contributed by atoms with Crippen LogP contribution in [0.4, 0.5) is 0 Å². The van der Waals surface area contributed by atoms with E-state index >= 15 is 0 Å². The molecule has 0 aromatic carbocycles. The minimum absolute atomic E-state index is 0.0562. The molecule has 8 heteroatoms. The van der Waals surface area contributed by atoms with Crippen LogP contribution in [0.5, 0.6) is 0 Å². The molecule has 1 fully saturated rings. The molecular formula is C14H24N2O6. The molecular weight excluding hydrogens is 292 g/mol. The van der Waals surface area contributed by atoms with E-state index in [1.54, 1.807) is 4.90 Å². The number of primary amides is 1. The molecule has 0 radical (unpaired) electrons. The van der Waals surface area contributed by atoms with Crippen LogP contribution in [0.15, 0.2) is 0 Å². The predicted molar refractivity (Wildman–Crippen MR) is 77.9 cm³/mol. The number of likely N-dealkylation sites (tertiary alicyclic amines) is 1. The third-order valence-corrected chi connectivity index (χ3v) is 3.37. The number of hydrogen-bond donors (Lipinski definition) is 3. The molecule has 8 nitrogen and oxygen atoms in total. The van der Waals surface area contributed by atoms with Crippen LogP contribution in [0.3, 0.4) is 0 Å². The van der Waals surface area contributed by atoms with Crippen molar-refractivity contribution in [2.45, 2.75) is 52.5 Å². The zero-order chi connectivity index (χ0) is 17.5. The summed E-state index contributed by atoms with van der Waals surface area (Å²) < 4.78 is 0. The first kappa shape index (κ1) is 19.9. The highest BCUT2D eigenvalue weighted by atomic mass is 16.4.